The zero-order chi connectivity index (χ0) is 13.5. The van der Waals surface area contributed by atoms with E-state index in [1.165, 1.54) is 4.31 Å². The maximum Gasteiger partial charge on any atom is 0.264 e. The third-order valence-corrected chi connectivity index (χ3v) is 5.79. The number of halogens is 1. The van der Waals surface area contributed by atoms with Gasteiger partial charge in [0.1, 0.15) is 0 Å². The molecule has 0 saturated carbocycles. The molecule has 3 rings (SSSR count). The van der Waals surface area contributed by atoms with Gasteiger partial charge >= 0.3 is 0 Å². The molecule has 0 atom stereocenters. The molecule has 0 N–H and O–H groups in total. The molecule has 0 bridgehead atoms. The average molecular weight is 385 g/mol. The molecule has 0 radical (unpaired) electrons. The lowest BCUT2D eigenvalue weighted by Gasteiger charge is -2.19. The lowest BCUT2D eigenvalue weighted by molar-refractivity contribution is 0.592. The molecule has 19 heavy (non-hydrogen) atoms. The normalized spacial score (nSPS) is 14.5. The van der Waals surface area contributed by atoms with E-state index >= 15 is 0 Å². The number of anilines is 1. The van der Waals surface area contributed by atoms with Gasteiger partial charge < -0.3 is 0 Å². The summed E-state index contributed by atoms with van der Waals surface area (Å²) < 4.78 is 27.8. The molecule has 0 aromatic heterocycles. The van der Waals surface area contributed by atoms with Gasteiger partial charge in [0, 0.05) is 10.1 Å². The van der Waals surface area contributed by atoms with E-state index in [0.29, 0.717) is 11.4 Å². The third kappa shape index (κ3) is 2.25. The van der Waals surface area contributed by atoms with Crippen LogP contribution in [0.15, 0.2) is 53.4 Å². The first-order chi connectivity index (χ1) is 9.09. The summed E-state index contributed by atoms with van der Waals surface area (Å²) in [5, 5.41) is 0. The van der Waals surface area contributed by atoms with Crippen molar-refractivity contribution in [2.45, 2.75) is 11.3 Å². The first-order valence-electron chi connectivity index (χ1n) is 5.95. The largest absolute Gasteiger partial charge is 0.266 e. The Morgan fingerprint density at radius 1 is 1.00 bits per heavy atom. The van der Waals surface area contributed by atoms with Crippen LogP contribution in [0.1, 0.15) is 5.56 Å². The maximum atomic E-state index is 12.6. The summed E-state index contributed by atoms with van der Waals surface area (Å²) in [7, 11) is -3.44. The van der Waals surface area contributed by atoms with E-state index in [-0.39, 0.29) is 0 Å². The molecule has 0 aliphatic carbocycles. The lowest BCUT2D eigenvalue weighted by Crippen LogP contribution is -2.29. The first kappa shape index (κ1) is 12.9. The van der Waals surface area contributed by atoms with Gasteiger partial charge in [-0.1, -0.05) is 18.2 Å². The summed E-state index contributed by atoms with van der Waals surface area (Å²) in [5.74, 6) is 0. The van der Waals surface area contributed by atoms with Crippen LogP contribution in [0.5, 0.6) is 0 Å². The second-order valence-corrected chi connectivity index (χ2v) is 7.52. The molecule has 1 aliphatic rings. The van der Waals surface area contributed by atoms with E-state index in [1.807, 2.05) is 36.4 Å². The Bertz CT molecular complexity index is 710. The Morgan fingerprint density at radius 2 is 1.68 bits per heavy atom. The number of hydrogen-bond acceptors (Lipinski definition) is 2. The number of benzene rings is 2. The van der Waals surface area contributed by atoms with Crippen LogP contribution in [0.3, 0.4) is 0 Å². The second-order valence-electron chi connectivity index (χ2n) is 4.41. The molecule has 2 aromatic rings. The highest BCUT2D eigenvalue weighted by atomic mass is 127. The Hall–Kier alpha value is -1.08. The van der Waals surface area contributed by atoms with Gasteiger partial charge in [-0.2, -0.15) is 0 Å². The standard InChI is InChI=1S/C14H12INO2S/c15-12-5-7-13(8-6-12)19(17,18)16-10-9-11-3-1-2-4-14(11)16/h1-8H,9-10H2. The van der Waals surface area contributed by atoms with E-state index in [9.17, 15) is 8.42 Å². The van der Waals surface area contributed by atoms with Crippen molar-refractivity contribution in [3.63, 3.8) is 0 Å². The highest BCUT2D eigenvalue weighted by molar-refractivity contribution is 14.1. The summed E-state index contributed by atoms with van der Waals surface area (Å²) in [6.07, 6.45) is 0.778. The first-order valence-corrected chi connectivity index (χ1v) is 8.47. The molecule has 0 fully saturated rings. The molecule has 0 amide bonds. The van der Waals surface area contributed by atoms with Gasteiger partial charge in [-0.05, 0) is 64.9 Å². The summed E-state index contributed by atoms with van der Waals surface area (Å²) in [6, 6.07) is 14.6. The van der Waals surface area contributed by atoms with Crippen molar-refractivity contribution in [1.82, 2.24) is 0 Å². The van der Waals surface area contributed by atoms with Gasteiger partial charge in [0.05, 0.1) is 10.6 Å². The van der Waals surface area contributed by atoms with E-state index in [0.717, 1.165) is 21.2 Å². The van der Waals surface area contributed by atoms with Crippen molar-refractivity contribution in [2.24, 2.45) is 0 Å². The van der Waals surface area contributed by atoms with Crippen LogP contribution in [0.2, 0.25) is 0 Å². The number of hydrogen-bond donors (Lipinski definition) is 0. The highest BCUT2D eigenvalue weighted by Crippen LogP contribution is 2.32. The van der Waals surface area contributed by atoms with Gasteiger partial charge in [0.15, 0.2) is 0 Å². The molecular weight excluding hydrogens is 373 g/mol. The average Bonchev–Trinajstić information content (AvgIpc) is 2.83. The van der Waals surface area contributed by atoms with E-state index in [2.05, 4.69) is 22.6 Å². The highest BCUT2D eigenvalue weighted by Gasteiger charge is 2.30. The molecule has 0 spiro atoms. The monoisotopic (exact) mass is 385 g/mol. The second kappa shape index (κ2) is 4.79. The van der Waals surface area contributed by atoms with Gasteiger partial charge in [-0.25, -0.2) is 8.42 Å². The summed E-state index contributed by atoms with van der Waals surface area (Å²) >= 11 is 2.16. The van der Waals surface area contributed by atoms with Gasteiger partial charge in [0.2, 0.25) is 0 Å². The lowest BCUT2D eigenvalue weighted by atomic mass is 10.2. The van der Waals surface area contributed by atoms with Crippen molar-refractivity contribution in [2.75, 3.05) is 10.8 Å². The fourth-order valence-corrected chi connectivity index (χ4v) is 4.15. The minimum absolute atomic E-state index is 0.351. The SMILES string of the molecule is O=S(=O)(c1ccc(I)cc1)N1CCc2ccccc21. The number of sulfonamides is 1. The molecule has 2 aromatic carbocycles. The fourth-order valence-electron chi connectivity index (χ4n) is 2.29. The Kier molecular flexibility index (Phi) is 3.26. The molecule has 98 valence electrons. The fraction of sp³-hybridized carbons (Fsp3) is 0.143. The van der Waals surface area contributed by atoms with Crippen LogP contribution in [0, 0.1) is 3.57 Å². The molecule has 1 heterocycles. The minimum Gasteiger partial charge on any atom is -0.266 e. The number of para-hydroxylation sites is 1. The van der Waals surface area contributed by atoms with Crippen LogP contribution in [0.4, 0.5) is 5.69 Å². The van der Waals surface area contributed by atoms with Crippen molar-refractivity contribution in [3.8, 4) is 0 Å². The number of fused-ring (bicyclic) bond motifs is 1. The summed E-state index contributed by atoms with van der Waals surface area (Å²) in [4.78, 5) is 0.351. The smallest absolute Gasteiger partial charge is 0.264 e. The number of rotatable bonds is 2. The minimum atomic E-state index is -3.44. The Balaban J connectivity index is 2.05. The molecule has 5 heteroatoms. The van der Waals surface area contributed by atoms with Crippen LogP contribution in [-0.4, -0.2) is 15.0 Å². The molecule has 0 unspecified atom stereocenters. The quantitative estimate of drug-likeness (QED) is 0.746. The molecule has 3 nitrogen and oxygen atoms in total. The van der Waals surface area contributed by atoms with Gasteiger partial charge in [0.25, 0.3) is 10.0 Å². The van der Waals surface area contributed by atoms with Crippen molar-refractivity contribution < 1.29 is 8.42 Å². The van der Waals surface area contributed by atoms with Gasteiger partial charge in [-0.15, -0.1) is 0 Å². The van der Waals surface area contributed by atoms with Gasteiger partial charge in [-0.3, -0.25) is 4.31 Å². The zero-order valence-electron chi connectivity index (χ0n) is 10.1. The van der Waals surface area contributed by atoms with Crippen LogP contribution < -0.4 is 4.31 Å². The van der Waals surface area contributed by atoms with E-state index in [4.69, 9.17) is 0 Å². The van der Waals surface area contributed by atoms with Crippen molar-refractivity contribution >= 4 is 38.3 Å². The number of nitrogens with zero attached hydrogens (tertiary/aromatic N) is 1. The third-order valence-electron chi connectivity index (χ3n) is 3.25. The maximum absolute atomic E-state index is 12.6. The summed E-state index contributed by atoms with van der Waals surface area (Å²) in [6.45, 7) is 0.521. The zero-order valence-corrected chi connectivity index (χ0v) is 13.1. The van der Waals surface area contributed by atoms with Crippen LogP contribution in [0.25, 0.3) is 0 Å². The molecule has 0 saturated heterocycles. The Labute approximate surface area is 126 Å². The van der Waals surface area contributed by atoms with E-state index < -0.39 is 10.0 Å². The van der Waals surface area contributed by atoms with Crippen molar-refractivity contribution in [3.05, 3.63) is 57.7 Å². The molecule has 1 aliphatic heterocycles. The van der Waals surface area contributed by atoms with Crippen molar-refractivity contribution in [1.29, 1.82) is 0 Å². The predicted molar refractivity (Wildman–Crippen MR) is 83.8 cm³/mol. The topological polar surface area (TPSA) is 37.4 Å². The molecular formula is C14H12INO2S. The predicted octanol–water partition coefficient (Wildman–Crippen LogP) is 3.04. The Morgan fingerprint density at radius 3 is 2.42 bits per heavy atom. The van der Waals surface area contributed by atoms with Crippen LogP contribution in [-0.2, 0) is 16.4 Å². The summed E-state index contributed by atoms with van der Waals surface area (Å²) in [5.41, 5.74) is 1.90. The van der Waals surface area contributed by atoms with Crippen LogP contribution >= 0.6 is 22.6 Å². The van der Waals surface area contributed by atoms with E-state index in [1.54, 1.807) is 12.1 Å².